The van der Waals surface area contributed by atoms with Crippen molar-refractivity contribution in [3.05, 3.63) is 59.7 Å². The number of para-hydroxylation sites is 1. The van der Waals surface area contributed by atoms with Gasteiger partial charge in [-0.3, -0.25) is 9.59 Å². The molecule has 0 aliphatic rings. The highest BCUT2D eigenvalue weighted by molar-refractivity contribution is 6.06. The van der Waals surface area contributed by atoms with Crippen LogP contribution in [0.15, 0.2) is 53.6 Å². The van der Waals surface area contributed by atoms with Gasteiger partial charge in [-0.25, -0.2) is 5.43 Å². The molecule has 0 radical (unpaired) electrons. The lowest BCUT2D eigenvalue weighted by atomic mass is 10.1. The maximum absolute atomic E-state index is 12.1. The molecule has 25 heavy (non-hydrogen) atoms. The summed E-state index contributed by atoms with van der Waals surface area (Å²) in [6.45, 7) is 3.68. The van der Waals surface area contributed by atoms with E-state index in [1.54, 1.807) is 19.1 Å². The number of hydrazone groups is 1. The van der Waals surface area contributed by atoms with Crippen molar-refractivity contribution in [1.82, 2.24) is 5.43 Å². The fraction of sp³-hybridized carbons (Fsp3) is 0.211. The molecule has 0 saturated carbocycles. The number of hydrogen-bond acceptors (Lipinski definition) is 4. The molecular formula is C19H21N3O3. The maximum Gasteiger partial charge on any atom is 0.271 e. The van der Waals surface area contributed by atoms with Crippen LogP contribution in [0.4, 0.5) is 5.69 Å². The summed E-state index contributed by atoms with van der Waals surface area (Å²) in [4.78, 5) is 24.0. The van der Waals surface area contributed by atoms with E-state index in [2.05, 4.69) is 15.8 Å². The molecule has 0 fully saturated rings. The Bertz CT molecular complexity index is 800. The van der Waals surface area contributed by atoms with Crippen molar-refractivity contribution in [2.45, 2.75) is 26.7 Å². The van der Waals surface area contributed by atoms with Crippen LogP contribution in [0.2, 0.25) is 0 Å². The van der Waals surface area contributed by atoms with Crippen LogP contribution in [-0.2, 0) is 11.2 Å². The van der Waals surface area contributed by atoms with Crippen LogP contribution < -0.4 is 10.7 Å². The number of carbonyl (C=O) groups is 2. The summed E-state index contributed by atoms with van der Waals surface area (Å²) < 4.78 is 0. The Labute approximate surface area is 146 Å². The van der Waals surface area contributed by atoms with Crippen LogP contribution in [-0.4, -0.2) is 22.6 Å². The first-order valence-corrected chi connectivity index (χ1v) is 8.00. The first-order chi connectivity index (χ1) is 12.0. The number of anilines is 1. The van der Waals surface area contributed by atoms with E-state index in [9.17, 15) is 14.7 Å². The third-order valence-corrected chi connectivity index (χ3v) is 3.55. The second-order valence-electron chi connectivity index (χ2n) is 5.57. The van der Waals surface area contributed by atoms with Gasteiger partial charge >= 0.3 is 0 Å². The van der Waals surface area contributed by atoms with Gasteiger partial charge in [-0.05, 0) is 43.2 Å². The first kappa shape index (κ1) is 18.2. The summed E-state index contributed by atoms with van der Waals surface area (Å²) in [6, 6.07) is 13.6. The van der Waals surface area contributed by atoms with Crippen molar-refractivity contribution < 1.29 is 14.7 Å². The molecule has 6 heteroatoms. The Balaban J connectivity index is 1.92. The van der Waals surface area contributed by atoms with E-state index < -0.39 is 5.91 Å². The Kier molecular flexibility index (Phi) is 6.28. The van der Waals surface area contributed by atoms with Crippen molar-refractivity contribution in [2.24, 2.45) is 5.10 Å². The Hall–Kier alpha value is -3.15. The minimum absolute atomic E-state index is 0.00215. The second-order valence-corrected chi connectivity index (χ2v) is 5.57. The quantitative estimate of drug-likeness (QED) is 0.558. The predicted molar refractivity (Wildman–Crippen MR) is 97.7 cm³/mol. The third-order valence-electron chi connectivity index (χ3n) is 3.55. The van der Waals surface area contributed by atoms with Crippen LogP contribution in [0.1, 0.15) is 36.2 Å². The number of rotatable bonds is 6. The van der Waals surface area contributed by atoms with Crippen LogP contribution in [0.3, 0.4) is 0 Å². The lowest BCUT2D eigenvalue weighted by Gasteiger charge is -2.09. The summed E-state index contributed by atoms with van der Waals surface area (Å²) in [6.07, 6.45) is 0.891. The molecule has 2 aromatic carbocycles. The molecule has 2 aromatic rings. The van der Waals surface area contributed by atoms with Crippen LogP contribution in [0, 0.1) is 0 Å². The van der Waals surface area contributed by atoms with E-state index in [0.29, 0.717) is 5.71 Å². The average Bonchev–Trinajstić information content (AvgIpc) is 2.60. The fourth-order valence-electron chi connectivity index (χ4n) is 2.27. The standard InChI is InChI=1S/C19H21N3O3/c1-3-14-7-4-5-10-17(14)20-18(24)11-13(2)21-22-19(25)15-8-6-9-16(23)12-15/h4-10,12,23H,3,11H2,1-2H3,(H,20,24)(H,22,25)/b21-13+. The van der Waals surface area contributed by atoms with Gasteiger partial charge in [0.25, 0.3) is 5.91 Å². The molecule has 0 aliphatic heterocycles. The minimum Gasteiger partial charge on any atom is -0.508 e. The normalized spacial score (nSPS) is 11.0. The molecule has 3 N–H and O–H groups in total. The second kappa shape index (κ2) is 8.63. The van der Waals surface area contributed by atoms with E-state index in [0.717, 1.165) is 17.7 Å². The van der Waals surface area contributed by atoms with Gasteiger partial charge in [0.15, 0.2) is 0 Å². The van der Waals surface area contributed by atoms with E-state index >= 15 is 0 Å². The van der Waals surface area contributed by atoms with Crippen LogP contribution in [0.25, 0.3) is 0 Å². The van der Waals surface area contributed by atoms with Gasteiger partial charge in [0.2, 0.25) is 5.91 Å². The summed E-state index contributed by atoms with van der Waals surface area (Å²) in [5.41, 5.74) is 4.98. The number of phenols is 1. The lowest BCUT2D eigenvalue weighted by molar-refractivity contribution is -0.115. The highest BCUT2D eigenvalue weighted by Crippen LogP contribution is 2.15. The van der Waals surface area contributed by atoms with Crippen molar-refractivity contribution in [3.63, 3.8) is 0 Å². The SMILES string of the molecule is CCc1ccccc1NC(=O)C/C(C)=N/NC(=O)c1cccc(O)c1. The number of carbonyl (C=O) groups excluding carboxylic acids is 2. The molecule has 130 valence electrons. The van der Waals surface area contributed by atoms with Gasteiger partial charge in [-0.2, -0.15) is 5.10 Å². The molecule has 0 bridgehead atoms. The highest BCUT2D eigenvalue weighted by Gasteiger charge is 2.09. The van der Waals surface area contributed by atoms with Crippen molar-refractivity contribution in [1.29, 1.82) is 0 Å². The number of aryl methyl sites for hydroxylation is 1. The molecule has 0 saturated heterocycles. The first-order valence-electron chi connectivity index (χ1n) is 8.00. The maximum atomic E-state index is 12.1. The molecule has 6 nitrogen and oxygen atoms in total. The number of amides is 2. The zero-order valence-electron chi connectivity index (χ0n) is 14.2. The van der Waals surface area contributed by atoms with E-state index in [1.807, 2.05) is 31.2 Å². The number of aromatic hydroxyl groups is 1. The predicted octanol–water partition coefficient (Wildman–Crippen LogP) is 3.09. The Morgan fingerprint density at radius 2 is 1.88 bits per heavy atom. The number of nitrogens with one attached hydrogen (secondary N) is 2. The van der Waals surface area contributed by atoms with Crippen molar-refractivity contribution >= 4 is 23.2 Å². The van der Waals surface area contributed by atoms with Crippen LogP contribution in [0.5, 0.6) is 5.75 Å². The molecule has 0 spiro atoms. The molecule has 0 unspecified atom stereocenters. The van der Waals surface area contributed by atoms with Crippen molar-refractivity contribution in [2.75, 3.05) is 5.32 Å². The summed E-state index contributed by atoms with van der Waals surface area (Å²) in [5.74, 6) is -0.650. The van der Waals surface area contributed by atoms with Gasteiger partial charge < -0.3 is 10.4 Å². The monoisotopic (exact) mass is 339 g/mol. The van der Waals surface area contributed by atoms with E-state index in [1.165, 1.54) is 12.1 Å². The fourth-order valence-corrected chi connectivity index (χ4v) is 2.27. The molecule has 2 amide bonds. The summed E-state index contributed by atoms with van der Waals surface area (Å²) >= 11 is 0. The summed E-state index contributed by atoms with van der Waals surface area (Å²) in [5, 5.41) is 16.2. The zero-order valence-corrected chi connectivity index (χ0v) is 14.2. The molecule has 0 aromatic heterocycles. The summed E-state index contributed by atoms with van der Waals surface area (Å²) in [7, 11) is 0. The van der Waals surface area contributed by atoms with Gasteiger partial charge in [0.05, 0.1) is 6.42 Å². The van der Waals surface area contributed by atoms with Gasteiger partial charge in [-0.1, -0.05) is 31.2 Å². The zero-order chi connectivity index (χ0) is 18.2. The van der Waals surface area contributed by atoms with Crippen molar-refractivity contribution in [3.8, 4) is 5.75 Å². The highest BCUT2D eigenvalue weighted by atomic mass is 16.3. The topological polar surface area (TPSA) is 90.8 Å². The van der Waals surface area contributed by atoms with Crippen LogP contribution >= 0.6 is 0 Å². The van der Waals surface area contributed by atoms with E-state index in [4.69, 9.17) is 0 Å². The van der Waals surface area contributed by atoms with Gasteiger partial charge in [0.1, 0.15) is 5.75 Å². The number of hydrogen-bond donors (Lipinski definition) is 3. The smallest absolute Gasteiger partial charge is 0.271 e. The van der Waals surface area contributed by atoms with Gasteiger partial charge in [-0.15, -0.1) is 0 Å². The largest absolute Gasteiger partial charge is 0.508 e. The number of benzene rings is 2. The molecule has 0 heterocycles. The van der Waals surface area contributed by atoms with E-state index in [-0.39, 0.29) is 23.6 Å². The number of nitrogens with zero attached hydrogens (tertiary/aromatic N) is 1. The average molecular weight is 339 g/mol. The Morgan fingerprint density at radius 3 is 2.60 bits per heavy atom. The number of phenolic OH excluding ortho intramolecular Hbond substituents is 1. The molecular weight excluding hydrogens is 318 g/mol. The Morgan fingerprint density at radius 1 is 1.12 bits per heavy atom. The van der Waals surface area contributed by atoms with Gasteiger partial charge in [0, 0.05) is 17.0 Å². The molecule has 0 atom stereocenters. The third kappa shape index (κ3) is 5.46. The lowest BCUT2D eigenvalue weighted by Crippen LogP contribution is -2.21. The molecule has 2 rings (SSSR count). The molecule has 0 aliphatic carbocycles. The minimum atomic E-state index is -0.452.